The minimum Gasteiger partial charge on any atom is -0.497 e. The van der Waals surface area contributed by atoms with E-state index in [1.807, 2.05) is 12.1 Å². The average molecular weight is 297 g/mol. The van der Waals surface area contributed by atoms with E-state index in [1.165, 1.54) is 11.1 Å². The number of benzene rings is 2. The fraction of sp³-hybridized carbons (Fsp3) is 0.333. The number of hydrogen-bond donors (Lipinski definition) is 0. The van der Waals surface area contributed by atoms with Crippen molar-refractivity contribution in [2.45, 2.75) is 19.4 Å². The van der Waals surface area contributed by atoms with E-state index in [9.17, 15) is 0 Å². The summed E-state index contributed by atoms with van der Waals surface area (Å²) in [6, 6.07) is 12.3. The standard InChI is InChI=1S/C18H19NO3/c1-20-15-7-5-14(6-8-15)19-11-13-4-9-17-16(3-2-10-21-17)18(13)22-12-19/h4-9H,2-3,10-12H2,1H3. The van der Waals surface area contributed by atoms with Gasteiger partial charge < -0.3 is 19.1 Å². The van der Waals surface area contributed by atoms with Crippen molar-refractivity contribution in [3.05, 3.63) is 47.5 Å². The van der Waals surface area contributed by atoms with Crippen LogP contribution in [0.25, 0.3) is 0 Å². The van der Waals surface area contributed by atoms with Gasteiger partial charge in [0.1, 0.15) is 17.2 Å². The summed E-state index contributed by atoms with van der Waals surface area (Å²) in [6.45, 7) is 2.23. The minimum absolute atomic E-state index is 0.565. The Bertz CT molecular complexity index is 681. The molecular formula is C18H19NO3. The molecule has 0 atom stereocenters. The zero-order valence-corrected chi connectivity index (χ0v) is 12.7. The van der Waals surface area contributed by atoms with E-state index in [4.69, 9.17) is 14.2 Å². The summed E-state index contributed by atoms with van der Waals surface area (Å²) < 4.78 is 17.0. The lowest BCUT2D eigenvalue weighted by atomic mass is 10.0. The molecule has 0 unspecified atom stereocenters. The Morgan fingerprint density at radius 2 is 1.91 bits per heavy atom. The molecular weight excluding hydrogens is 278 g/mol. The van der Waals surface area contributed by atoms with Crippen LogP contribution < -0.4 is 19.1 Å². The van der Waals surface area contributed by atoms with Crippen LogP contribution in [0, 0.1) is 0 Å². The van der Waals surface area contributed by atoms with Gasteiger partial charge in [-0.3, -0.25) is 0 Å². The summed E-state index contributed by atoms with van der Waals surface area (Å²) in [6.07, 6.45) is 2.11. The summed E-state index contributed by atoms with van der Waals surface area (Å²) >= 11 is 0. The quantitative estimate of drug-likeness (QED) is 0.850. The van der Waals surface area contributed by atoms with E-state index < -0.39 is 0 Å². The molecule has 2 aliphatic rings. The highest BCUT2D eigenvalue weighted by atomic mass is 16.5. The van der Waals surface area contributed by atoms with Crippen molar-refractivity contribution in [2.75, 3.05) is 25.3 Å². The molecule has 0 spiro atoms. The highest BCUT2D eigenvalue weighted by Crippen LogP contribution is 2.39. The Morgan fingerprint density at radius 1 is 1.05 bits per heavy atom. The van der Waals surface area contributed by atoms with Gasteiger partial charge in [-0.25, -0.2) is 0 Å². The van der Waals surface area contributed by atoms with Gasteiger partial charge in [0.15, 0.2) is 6.73 Å². The third-order valence-electron chi connectivity index (χ3n) is 4.29. The first-order chi connectivity index (χ1) is 10.8. The molecule has 2 aromatic rings. The summed E-state index contributed by atoms with van der Waals surface area (Å²) in [5, 5.41) is 0. The van der Waals surface area contributed by atoms with Crippen molar-refractivity contribution in [2.24, 2.45) is 0 Å². The highest BCUT2D eigenvalue weighted by molar-refractivity contribution is 5.56. The van der Waals surface area contributed by atoms with Crippen molar-refractivity contribution < 1.29 is 14.2 Å². The smallest absolute Gasteiger partial charge is 0.161 e. The van der Waals surface area contributed by atoms with Crippen molar-refractivity contribution in [3.63, 3.8) is 0 Å². The molecule has 4 nitrogen and oxygen atoms in total. The lowest BCUT2D eigenvalue weighted by Crippen LogP contribution is -2.32. The number of rotatable bonds is 2. The van der Waals surface area contributed by atoms with E-state index in [0.29, 0.717) is 6.73 Å². The topological polar surface area (TPSA) is 30.9 Å². The van der Waals surface area contributed by atoms with Crippen molar-refractivity contribution >= 4 is 5.69 Å². The summed E-state index contributed by atoms with van der Waals surface area (Å²) in [7, 11) is 1.68. The fourth-order valence-electron chi connectivity index (χ4n) is 3.12. The monoisotopic (exact) mass is 297 g/mol. The van der Waals surface area contributed by atoms with Crippen LogP contribution in [0.5, 0.6) is 17.2 Å². The molecule has 0 radical (unpaired) electrons. The summed E-state index contributed by atoms with van der Waals surface area (Å²) in [5.41, 5.74) is 3.60. The van der Waals surface area contributed by atoms with E-state index in [-0.39, 0.29) is 0 Å². The third kappa shape index (κ3) is 2.25. The second-order valence-electron chi connectivity index (χ2n) is 5.65. The molecule has 0 aliphatic carbocycles. The Kier molecular flexibility index (Phi) is 3.29. The molecule has 4 rings (SSSR count). The Balaban J connectivity index is 1.61. The number of methoxy groups -OCH3 is 1. The van der Waals surface area contributed by atoms with Gasteiger partial charge in [0.05, 0.1) is 13.7 Å². The van der Waals surface area contributed by atoms with Gasteiger partial charge in [-0.05, 0) is 49.2 Å². The third-order valence-corrected chi connectivity index (χ3v) is 4.29. The van der Waals surface area contributed by atoms with Crippen LogP contribution in [-0.4, -0.2) is 20.4 Å². The van der Waals surface area contributed by atoms with Gasteiger partial charge in [0.25, 0.3) is 0 Å². The molecule has 0 N–H and O–H groups in total. The molecule has 0 fully saturated rings. The second kappa shape index (κ2) is 5.44. The first-order valence-corrected chi connectivity index (χ1v) is 7.64. The molecule has 0 saturated carbocycles. The molecule has 22 heavy (non-hydrogen) atoms. The van der Waals surface area contributed by atoms with E-state index in [0.717, 1.165) is 48.9 Å². The highest BCUT2D eigenvalue weighted by Gasteiger charge is 2.24. The first kappa shape index (κ1) is 13.3. The Hall–Kier alpha value is -2.36. The molecule has 2 heterocycles. The summed E-state index contributed by atoms with van der Waals surface area (Å²) in [4.78, 5) is 2.22. The first-order valence-electron chi connectivity index (χ1n) is 7.64. The Labute approximate surface area is 130 Å². The lowest BCUT2D eigenvalue weighted by molar-refractivity contribution is 0.260. The van der Waals surface area contributed by atoms with Crippen molar-refractivity contribution in [1.82, 2.24) is 0 Å². The average Bonchev–Trinajstić information content (AvgIpc) is 2.61. The molecule has 114 valence electrons. The number of anilines is 1. The number of nitrogens with zero attached hydrogens (tertiary/aromatic N) is 1. The van der Waals surface area contributed by atoms with Gasteiger partial charge in [0.2, 0.25) is 0 Å². The maximum absolute atomic E-state index is 6.06. The van der Waals surface area contributed by atoms with Crippen LogP contribution in [0.3, 0.4) is 0 Å². The Morgan fingerprint density at radius 3 is 2.73 bits per heavy atom. The van der Waals surface area contributed by atoms with Gasteiger partial charge in [-0.1, -0.05) is 0 Å². The predicted molar refractivity (Wildman–Crippen MR) is 84.9 cm³/mol. The van der Waals surface area contributed by atoms with Crippen LogP contribution in [0.15, 0.2) is 36.4 Å². The van der Waals surface area contributed by atoms with Gasteiger partial charge >= 0.3 is 0 Å². The van der Waals surface area contributed by atoms with E-state index >= 15 is 0 Å². The van der Waals surface area contributed by atoms with Gasteiger partial charge in [-0.15, -0.1) is 0 Å². The molecule has 0 aromatic heterocycles. The summed E-state index contributed by atoms with van der Waals surface area (Å²) in [5.74, 6) is 2.89. The molecule has 0 amide bonds. The zero-order chi connectivity index (χ0) is 14.9. The van der Waals surface area contributed by atoms with Crippen molar-refractivity contribution in [1.29, 1.82) is 0 Å². The second-order valence-corrected chi connectivity index (χ2v) is 5.65. The lowest BCUT2D eigenvalue weighted by Gasteiger charge is -2.33. The normalized spacial score (nSPS) is 16.1. The van der Waals surface area contributed by atoms with Gasteiger partial charge in [-0.2, -0.15) is 0 Å². The number of fused-ring (bicyclic) bond motifs is 3. The maximum Gasteiger partial charge on any atom is 0.161 e. The molecule has 4 heteroatoms. The minimum atomic E-state index is 0.565. The van der Waals surface area contributed by atoms with Crippen LogP contribution in [0.4, 0.5) is 5.69 Å². The van der Waals surface area contributed by atoms with Crippen LogP contribution >= 0.6 is 0 Å². The fourth-order valence-corrected chi connectivity index (χ4v) is 3.12. The SMILES string of the molecule is COc1ccc(N2COc3c(ccc4c3CCCO4)C2)cc1. The maximum atomic E-state index is 6.06. The van der Waals surface area contributed by atoms with Crippen molar-refractivity contribution in [3.8, 4) is 17.2 Å². The van der Waals surface area contributed by atoms with E-state index in [1.54, 1.807) is 7.11 Å². The van der Waals surface area contributed by atoms with Crippen LogP contribution in [-0.2, 0) is 13.0 Å². The predicted octanol–water partition coefficient (Wildman–Crippen LogP) is 3.38. The molecule has 0 bridgehead atoms. The van der Waals surface area contributed by atoms with E-state index in [2.05, 4.69) is 29.2 Å². The van der Waals surface area contributed by atoms with Crippen LogP contribution in [0.2, 0.25) is 0 Å². The molecule has 0 saturated heterocycles. The molecule has 2 aliphatic heterocycles. The van der Waals surface area contributed by atoms with Gasteiger partial charge in [0, 0.05) is 23.4 Å². The van der Waals surface area contributed by atoms with Crippen LogP contribution in [0.1, 0.15) is 17.5 Å². The zero-order valence-electron chi connectivity index (χ0n) is 12.7. The number of ether oxygens (including phenoxy) is 3. The molecule has 2 aromatic carbocycles. The number of hydrogen-bond acceptors (Lipinski definition) is 4. The largest absolute Gasteiger partial charge is 0.497 e.